The summed E-state index contributed by atoms with van der Waals surface area (Å²) in [5.74, 6) is 0.0409. The van der Waals surface area contributed by atoms with Crippen molar-refractivity contribution in [3.8, 4) is 0 Å². The van der Waals surface area contributed by atoms with Gasteiger partial charge in [-0.2, -0.15) is 0 Å². The third-order valence-electron chi connectivity index (χ3n) is 8.76. The molecule has 186 valence electrons. The summed E-state index contributed by atoms with van der Waals surface area (Å²) in [6.07, 6.45) is 7.81. The van der Waals surface area contributed by atoms with Gasteiger partial charge in [0.15, 0.2) is 0 Å². The van der Waals surface area contributed by atoms with E-state index in [1.807, 2.05) is 16.7 Å². The fourth-order valence-corrected chi connectivity index (χ4v) is 7.62. The minimum atomic E-state index is -0.129. The van der Waals surface area contributed by atoms with Crippen LogP contribution in [0.15, 0.2) is 30.5 Å². The minimum absolute atomic E-state index is 0.0102. The number of ether oxygens (including phenoxy) is 1. The average molecular weight is 496 g/mol. The maximum atomic E-state index is 13.2. The second-order valence-corrected chi connectivity index (χ2v) is 11.3. The number of hydrogen-bond acceptors (Lipinski definition) is 7. The number of piperidine rings is 2. The van der Waals surface area contributed by atoms with Crippen molar-refractivity contribution in [2.75, 3.05) is 26.2 Å². The van der Waals surface area contributed by atoms with Crippen LogP contribution >= 0.6 is 11.5 Å². The molecule has 1 aromatic heterocycles. The van der Waals surface area contributed by atoms with Crippen LogP contribution in [0.5, 0.6) is 0 Å². The molecule has 2 unspecified atom stereocenters. The molecule has 0 saturated carbocycles. The van der Waals surface area contributed by atoms with Crippen LogP contribution in [0.25, 0.3) is 0 Å². The van der Waals surface area contributed by atoms with Crippen LogP contribution in [0.4, 0.5) is 4.79 Å². The van der Waals surface area contributed by atoms with Gasteiger partial charge in [-0.15, -0.1) is 5.10 Å². The molecule has 2 aromatic rings. The lowest BCUT2D eigenvalue weighted by atomic mass is 9.68. The zero-order valence-electron chi connectivity index (χ0n) is 20.3. The first-order valence-corrected chi connectivity index (χ1v) is 13.7. The lowest BCUT2D eigenvalue weighted by Gasteiger charge is -2.51. The second kappa shape index (κ2) is 9.17. The first-order valence-electron chi connectivity index (χ1n) is 12.9. The first kappa shape index (κ1) is 22.9. The monoisotopic (exact) mass is 495 g/mol. The van der Waals surface area contributed by atoms with E-state index in [0.29, 0.717) is 36.2 Å². The number of amides is 2. The molecule has 2 bridgehead atoms. The number of benzene rings is 1. The molecule has 2 atom stereocenters. The summed E-state index contributed by atoms with van der Waals surface area (Å²) < 4.78 is 9.24. The van der Waals surface area contributed by atoms with Gasteiger partial charge in [0.05, 0.1) is 12.8 Å². The van der Waals surface area contributed by atoms with Gasteiger partial charge in [0.2, 0.25) is 0 Å². The number of likely N-dealkylation sites (tertiary alicyclic amines) is 1. The maximum absolute atomic E-state index is 13.2. The van der Waals surface area contributed by atoms with Crippen molar-refractivity contribution in [2.24, 2.45) is 0 Å². The van der Waals surface area contributed by atoms with Gasteiger partial charge in [-0.25, -0.2) is 4.79 Å². The van der Waals surface area contributed by atoms with Crippen molar-refractivity contribution in [2.45, 2.75) is 75.5 Å². The third-order valence-corrected chi connectivity index (χ3v) is 9.41. The van der Waals surface area contributed by atoms with Crippen molar-refractivity contribution < 1.29 is 14.3 Å². The molecule has 1 aromatic carbocycles. The number of fused-ring (bicyclic) bond motifs is 4. The summed E-state index contributed by atoms with van der Waals surface area (Å²) in [4.78, 5) is 33.0. The fourth-order valence-electron chi connectivity index (χ4n) is 7.14. The van der Waals surface area contributed by atoms with Gasteiger partial charge in [0.1, 0.15) is 4.88 Å². The quantitative estimate of drug-likeness (QED) is 0.646. The van der Waals surface area contributed by atoms with E-state index in [9.17, 15) is 9.59 Å². The van der Waals surface area contributed by atoms with E-state index in [1.165, 1.54) is 22.7 Å². The van der Waals surface area contributed by atoms with Crippen molar-refractivity contribution in [1.82, 2.24) is 24.3 Å². The van der Waals surface area contributed by atoms with E-state index >= 15 is 0 Å². The Morgan fingerprint density at radius 2 is 1.86 bits per heavy atom. The predicted octanol–water partition coefficient (Wildman–Crippen LogP) is 3.68. The van der Waals surface area contributed by atoms with Crippen molar-refractivity contribution >= 4 is 23.5 Å². The Labute approximate surface area is 210 Å². The van der Waals surface area contributed by atoms with E-state index in [1.54, 1.807) is 6.20 Å². The summed E-state index contributed by atoms with van der Waals surface area (Å²) in [7, 11) is 0. The molecule has 35 heavy (non-hydrogen) atoms. The van der Waals surface area contributed by atoms with Crippen LogP contribution in [0.1, 0.15) is 66.2 Å². The Hall–Kier alpha value is -2.52. The van der Waals surface area contributed by atoms with E-state index in [4.69, 9.17) is 4.74 Å². The Kier molecular flexibility index (Phi) is 6.00. The van der Waals surface area contributed by atoms with E-state index in [0.717, 1.165) is 58.2 Å². The van der Waals surface area contributed by atoms with Gasteiger partial charge < -0.3 is 19.4 Å². The standard InChI is InChI=1S/C26H33N5O3S/c1-2-34-25(33)31-19-7-8-20(31)14-21(13-19)29-11-9-26(10-12-29)17-30(24(32)23-15-27-28-35-23)16-18-5-3-4-6-22(18)26/h3-6,15,19-21H,2,7-14,16-17H2,1H3. The number of carbonyl (C=O) groups is 2. The molecule has 2 amide bonds. The summed E-state index contributed by atoms with van der Waals surface area (Å²) in [5, 5.41) is 3.87. The number of hydrogen-bond donors (Lipinski definition) is 0. The zero-order chi connectivity index (χ0) is 24.0. The molecule has 4 aliphatic rings. The molecule has 0 radical (unpaired) electrons. The van der Waals surface area contributed by atoms with Crippen LogP contribution < -0.4 is 0 Å². The first-order chi connectivity index (χ1) is 17.1. The van der Waals surface area contributed by atoms with Gasteiger partial charge in [-0.3, -0.25) is 4.79 Å². The summed E-state index contributed by atoms with van der Waals surface area (Å²) >= 11 is 1.17. The second-order valence-electron chi connectivity index (χ2n) is 10.5. The van der Waals surface area contributed by atoms with E-state index < -0.39 is 0 Å². The lowest BCUT2D eigenvalue weighted by Crippen LogP contribution is -2.57. The van der Waals surface area contributed by atoms with Gasteiger partial charge in [-0.05, 0) is 81.2 Å². The Morgan fingerprint density at radius 1 is 1.11 bits per heavy atom. The molecule has 4 aliphatic heterocycles. The summed E-state index contributed by atoms with van der Waals surface area (Å²) in [6.45, 7) is 5.77. The highest BCUT2D eigenvalue weighted by Gasteiger charge is 2.48. The molecule has 8 nitrogen and oxygen atoms in total. The molecule has 5 heterocycles. The SMILES string of the molecule is CCOC(=O)N1C2CCC1CC(N1CCC3(CC1)CN(C(=O)c1cnns1)Cc1ccccc13)C2. The van der Waals surface area contributed by atoms with Crippen molar-refractivity contribution in [3.05, 3.63) is 46.5 Å². The largest absolute Gasteiger partial charge is 0.450 e. The highest BCUT2D eigenvalue weighted by atomic mass is 32.1. The normalized spacial score (nSPS) is 27.6. The number of aromatic nitrogens is 2. The van der Waals surface area contributed by atoms with E-state index in [2.05, 4.69) is 38.8 Å². The Balaban J connectivity index is 1.17. The predicted molar refractivity (Wildman–Crippen MR) is 132 cm³/mol. The zero-order valence-corrected chi connectivity index (χ0v) is 21.1. The molecular weight excluding hydrogens is 462 g/mol. The fraction of sp³-hybridized carbons (Fsp3) is 0.615. The minimum Gasteiger partial charge on any atom is -0.450 e. The topological polar surface area (TPSA) is 78.9 Å². The maximum Gasteiger partial charge on any atom is 0.410 e. The molecule has 3 saturated heterocycles. The van der Waals surface area contributed by atoms with E-state index in [-0.39, 0.29) is 17.4 Å². The molecule has 3 fully saturated rings. The number of rotatable bonds is 3. The summed E-state index contributed by atoms with van der Waals surface area (Å²) in [5.41, 5.74) is 2.67. The lowest BCUT2D eigenvalue weighted by molar-refractivity contribution is 0.0192. The van der Waals surface area contributed by atoms with Gasteiger partial charge in [-0.1, -0.05) is 28.8 Å². The van der Waals surface area contributed by atoms with Gasteiger partial charge >= 0.3 is 6.09 Å². The molecule has 0 aliphatic carbocycles. The average Bonchev–Trinajstić information content (AvgIpc) is 3.50. The smallest absolute Gasteiger partial charge is 0.410 e. The number of nitrogens with zero attached hydrogens (tertiary/aromatic N) is 5. The van der Waals surface area contributed by atoms with Gasteiger partial charge in [0.25, 0.3) is 5.91 Å². The summed E-state index contributed by atoms with van der Waals surface area (Å²) in [6, 6.07) is 9.82. The van der Waals surface area contributed by atoms with Crippen LogP contribution in [-0.2, 0) is 16.7 Å². The highest BCUT2D eigenvalue weighted by Crippen LogP contribution is 2.44. The van der Waals surface area contributed by atoms with Crippen LogP contribution in [0.3, 0.4) is 0 Å². The van der Waals surface area contributed by atoms with Crippen LogP contribution in [-0.4, -0.2) is 80.7 Å². The molecule has 0 N–H and O–H groups in total. The van der Waals surface area contributed by atoms with Crippen LogP contribution in [0, 0.1) is 0 Å². The highest BCUT2D eigenvalue weighted by molar-refractivity contribution is 7.07. The molecule has 9 heteroatoms. The van der Waals surface area contributed by atoms with Gasteiger partial charge in [0, 0.05) is 36.6 Å². The Bertz CT molecular complexity index is 1070. The van der Waals surface area contributed by atoms with Crippen LogP contribution in [0.2, 0.25) is 0 Å². The third kappa shape index (κ3) is 4.02. The van der Waals surface area contributed by atoms with Crippen molar-refractivity contribution in [1.29, 1.82) is 0 Å². The number of carbonyl (C=O) groups excluding carboxylic acids is 2. The van der Waals surface area contributed by atoms with Crippen molar-refractivity contribution in [3.63, 3.8) is 0 Å². The molecule has 6 rings (SSSR count). The Morgan fingerprint density at radius 3 is 2.54 bits per heavy atom. The molecule has 1 spiro atoms. The molecular formula is C26H33N5O3S.